The molecule has 0 aliphatic heterocycles. The van der Waals surface area contributed by atoms with Gasteiger partial charge in [-0.25, -0.2) is 0 Å². The molecule has 152 valence electrons. The Balaban J connectivity index is 2.10. The molecule has 1 amide bonds. The van der Waals surface area contributed by atoms with Crippen molar-refractivity contribution >= 4 is 37.8 Å². The number of aromatic hydroxyl groups is 1. The van der Waals surface area contributed by atoms with Crippen molar-refractivity contribution < 1.29 is 19.7 Å². The summed E-state index contributed by atoms with van der Waals surface area (Å²) >= 11 is 7.16. The SMILES string of the molecule is CC(C)c1cc(Cc2c(Br)cc(OCC(=O)NC[C@@H](C)O)cc2Br)ccc1O. The Morgan fingerprint density at radius 1 is 1.14 bits per heavy atom. The maximum absolute atomic E-state index is 11.7. The number of rotatable bonds is 8. The van der Waals surface area contributed by atoms with Crippen molar-refractivity contribution in [2.24, 2.45) is 0 Å². The normalized spacial score (nSPS) is 12.1. The first kappa shape index (κ1) is 22.7. The molecule has 0 heterocycles. The van der Waals surface area contributed by atoms with Gasteiger partial charge in [0.25, 0.3) is 5.91 Å². The second-order valence-electron chi connectivity index (χ2n) is 7.03. The molecule has 5 nitrogen and oxygen atoms in total. The average Bonchev–Trinajstić information content (AvgIpc) is 2.62. The number of phenols is 1. The van der Waals surface area contributed by atoms with Crippen LogP contribution < -0.4 is 10.1 Å². The molecule has 7 heteroatoms. The Morgan fingerprint density at radius 2 is 1.79 bits per heavy atom. The molecule has 3 N–H and O–H groups in total. The summed E-state index contributed by atoms with van der Waals surface area (Å²) in [6.45, 7) is 5.77. The van der Waals surface area contributed by atoms with Gasteiger partial charge in [0, 0.05) is 15.5 Å². The number of halogens is 2. The van der Waals surface area contributed by atoms with E-state index in [1.807, 2.05) is 38.1 Å². The van der Waals surface area contributed by atoms with Gasteiger partial charge >= 0.3 is 0 Å². The highest BCUT2D eigenvalue weighted by molar-refractivity contribution is 9.11. The van der Waals surface area contributed by atoms with Crippen LogP contribution in [0.1, 0.15) is 43.4 Å². The molecule has 0 radical (unpaired) electrons. The van der Waals surface area contributed by atoms with E-state index in [0.717, 1.165) is 25.6 Å². The van der Waals surface area contributed by atoms with Crippen LogP contribution in [-0.2, 0) is 11.2 Å². The maximum Gasteiger partial charge on any atom is 0.258 e. The highest BCUT2D eigenvalue weighted by Gasteiger charge is 2.13. The van der Waals surface area contributed by atoms with Crippen LogP contribution in [0.15, 0.2) is 39.3 Å². The van der Waals surface area contributed by atoms with Gasteiger partial charge in [-0.1, -0.05) is 57.8 Å². The van der Waals surface area contributed by atoms with E-state index in [-0.39, 0.29) is 25.0 Å². The lowest BCUT2D eigenvalue weighted by molar-refractivity contribution is -0.123. The monoisotopic (exact) mass is 513 g/mol. The van der Waals surface area contributed by atoms with Crippen molar-refractivity contribution in [2.75, 3.05) is 13.2 Å². The first-order chi connectivity index (χ1) is 13.2. The summed E-state index contributed by atoms with van der Waals surface area (Å²) in [5.41, 5.74) is 3.06. The van der Waals surface area contributed by atoms with Gasteiger partial charge < -0.3 is 20.3 Å². The van der Waals surface area contributed by atoms with E-state index in [0.29, 0.717) is 17.9 Å². The third-order valence-electron chi connectivity index (χ3n) is 4.17. The number of benzene rings is 2. The topological polar surface area (TPSA) is 78.8 Å². The standard InChI is InChI=1S/C21H25Br2NO4/c1-12(2)16-6-14(4-5-20(16)26)7-17-18(22)8-15(9-19(17)23)28-11-21(27)24-10-13(3)25/h4-6,8-9,12-13,25-26H,7,10-11H2,1-3H3,(H,24,27)/t13-/m1/s1. The van der Waals surface area contributed by atoms with Crippen LogP contribution in [0, 0.1) is 0 Å². The Bertz CT molecular complexity index is 814. The lowest BCUT2D eigenvalue weighted by Crippen LogP contribution is -2.34. The molecule has 2 aromatic rings. The minimum Gasteiger partial charge on any atom is -0.508 e. The van der Waals surface area contributed by atoms with Gasteiger partial charge in [-0.15, -0.1) is 0 Å². The Morgan fingerprint density at radius 3 is 2.36 bits per heavy atom. The molecule has 0 aliphatic carbocycles. The molecular weight excluding hydrogens is 490 g/mol. The van der Waals surface area contributed by atoms with E-state index in [1.165, 1.54) is 0 Å². The van der Waals surface area contributed by atoms with E-state index in [4.69, 9.17) is 4.74 Å². The van der Waals surface area contributed by atoms with Crippen LogP contribution in [0.25, 0.3) is 0 Å². The number of carbonyl (C=O) groups excluding carboxylic acids is 1. The van der Waals surface area contributed by atoms with Crippen molar-refractivity contribution in [1.82, 2.24) is 5.32 Å². The summed E-state index contributed by atoms with van der Waals surface area (Å²) in [4.78, 5) is 11.7. The van der Waals surface area contributed by atoms with Gasteiger partial charge in [0.1, 0.15) is 11.5 Å². The van der Waals surface area contributed by atoms with E-state index in [2.05, 4.69) is 37.2 Å². The highest BCUT2D eigenvalue weighted by atomic mass is 79.9. The summed E-state index contributed by atoms with van der Waals surface area (Å²) in [5.74, 6) is 0.822. The molecule has 1 atom stereocenters. The van der Waals surface area contributed by atoms with Crippen LogP contribution in [0.5, 0.6) is 11.5 Å². The van der Waals surface area contributed by atoms with E-state index in [1.54, 1.807) is 13.0 Å². The molecule has 0 aromatic heterocycles. The molecule has 0 unspecified atom stereocenters. The zero-order valence-corrected chi connectivity index (χ0v) is 19.3. The van der Waals surface area contributed by atoms with Gasteiger partial charge in [-0.05, 0) is 54.2 Å². The van der Waals surface area contributed by atoms with Gasteiger partial charge in [-0.3, -0.25) is 4.79 Å². The number of carbonyl (C=O) groups is 1. The molecule has 0 saturated carbocycles. The van der Waals surface area contributed by atoms with Crippen molar-refractivity contribution in [2.45, 2.75) is 39.2 Å². The minimum absolute atomic E-state index is 0.124. The Labute approximate surface area is 182 Å². The van der Waals surface area contributed by atoms with Gasteiger partial charge in [0.05, 0.1) is 6.10 Å². The van der Waals surface area contributed by atoms with Crippen LogP contribution in [0.3, 0.4) is 0 Å². The zero-order valence-electron chi connectivity index (χ0n) is 16.1. The molecule has 0 aliphatic rings. The van der Waals surface area contributed by atoms with Crippen molar-refractivity contribution in [3.05, 3.63) is 56.0 Å². The number of phenolic OH excluding ortho intramolecular Hbond substituents is 1. The summed E-state index contributed by atoms with van der Waals surface area (Å²) in [6.07, 6.45) is 0.0821. The van der Waals surface area contributed by atoms with E-state index < -0.39 is 6.10 Å². The number of nitrogens with one attached hydrogen (secondary N) is 1. The molecule has 0 spiro atoms. The predicted molar refractivity (Wildman–Crippen MR) is 117 cm³/mol. The highest BCUT2D eigenvalue weighted by Crippen LogP contribution is 2.34. The second kappa shape index (κ2) is 10.3. The maximum atomic E-state index is 11.7. The number of aliphatic hydroxyl groups is 1. The molecule has 28 heavy (non-hydrogen) atoms. The molecule has 2 rings (SSSR count). The lowest BCUT2D eigenvalue weighted by Gasteiger charge is -2.14. The lowest BCUT2D eigenvalue weighted by atomic mass is 9.96. The Kier molecular flexibility index (Phi) is 8.34. The first-order valence-electron chi connectivity index (χ1n) is 9.04. The molecule has 2 aromatic carbocycles. The summed E-state index contributed by atoms with van der Waals surface area (Å²) in [5, 5.41) is 21.8. The molecular formula is C21H25Br2NO4. The van der Waals surface area contributed by atoms with E-state index in [9.17, 15) is 15.0 Å². The number of amides is 1. The summed E-state index contributed by atoms with van der Waals surface area (Å²) in [7, 11) is 0. The molecule has 0 saturated heterocycles. The third kappa shape index (κ3) is 6.50. The van der Waals surface area contributed by atoms with E-state index >= 15 is 0 Å². The fraction of sp³-hybridized carbons (Fsp3) is 0.381. The fourth-order valence-electron chi connectivity index (χ4n) is 2.67. The van der Waals surface area contributed by atoms with Gasteiger partial charge in [0.15, 0.2) is 6.61 Å². The summed E-state index contributed by atoms with van der Waals surface area (Å²) in [6, 6.07) is 9.32. The molecule has 0 bridgehead atoms. The van der Waals surface area contributed by atoms with Gasteiger partial charge in [0.2, 0.25) is 0 Å². The zero-order chi connectivity index (χ0) is 20.8. The number of ether oxygens (including phenoxy) is 1. The summed E-state index contributed by atoms with van der Waals surface area (Å²) < 4.78 is 7.27. The smallest absolute Gasteiger partial charge is 0.258 e. The average molecular weight is 515 g/mol. The number of hydrogen-bond donors (Lipinski definition) is 3. The number of aliphatic hydroxyl groups excluding tert-OH is 1. The minimum atomic E-state index is -0.595. The van der Waals surface area contributed by atoms with Crippen LogP contribution in [0.4, 0.5) is 0 Å². The predicted octanol–water partition coefficient (Wildman–Crippen LogP) is 4.51. The molecule has 0 fully saturated rings. The van der Waals surface area contributed by atoms with Crippen LogP contribution in [0.2, 0.25) is 0 Å². The fourth-order valence-corrected chi connectivity index (χ4v) is 4.10. The third-order valence-corrected chi connectivity index (χ3v) is 5.59. The van der Waals surface area contributed by atoms with Gasteiger partial charge in [-0.2, -0.15) is 0 Å². The van der Waals surface area contributed by atoms with Crippen LogP contribution >= 0.6 is 31.9 Å². The largest absolute Gasteiger partial charge is 0.508 e. The van der Waals surface area contributed by atoms with Crippen LogP contribution in [-0.4, -0.2) is 35.4 Å². The van der Waals surface area contributed by atoms with Crippen molar-refractivity contribution in [3.63, 3.8) is 0 Å². The second-order valence-corrected chi connectivity index (χ2v) is 8.74. The number of hydrogen-bond acceptors (Lipinski definition) is 4. The quantitative estimate of drug-likeness (QED) is 0.484. The van der Waals surface area contributed by atoms with Crippen molar-refractivity contribution in [1.29, 1.82) is 0 Å². The Hall–Kier alpha value is -1.57. The first-order valence-corrected chi connectivity index (χ1v) is 10.6. The van der Waals surface area contributed by atoms with Crippen molar-refractivity contribution in [3.8, 4) is 11.5 Å².